The Bertz CT molecular complexity index is 450. The standard InChI is InChI=1S/C13H22ClN3OS/c1-4-6-7-17-13(18)12(14)11(8-15-17)16-10(3)9-19-5-2/h8,10,16H,4-7,9H2,1-3H3. The van der Waals surface area contributed by atoms with Crippen molar-refractivity contribution in [2.24, 2.45) is 0 Å². The highest BCUT2D eigenvalue weighted by Crippen LogP contribution is 2.17. The van der Waals surface area contributed by atoms with Crippen LogP contribution in [0.5, 0.6) is 0 Å². The van der Waals surface area contributed by atoms with Crippen LogP contribution in [0.1, 0.15) is 33.6 Å². The average molecular weight is 304 g/mol. The number of rotatable bonds is 8. The number of aromatic nitrogens is 2. The van der Waals surface area contributed by atoms with Crippen LogP contribution in [0.4, 0.5) is 5.69 Å². The van der Waals surface area contributed by atoms with Crippen molar-refractivity contribution in [2.45, 2.75) is 46.2 Å². The Kier molecular flexibility index (Phi) is 7.31. The third-order valence-corrected chi connectivity index (χ3v) is 4.19. The van der Waals surface area contributed by atoms with Crippen LogP contribution in [0, 0.1) is 0 Å². The van der Waals surface area contributed by atoms with Crippen LogP contribution in [0.2, 0.25) is 5.02 Å². The van der Waals surface area contributed by atoms with Crippen molar-refractivity contribution in [1.29, 1.82) is 0 Å². The van der Waals surface area contributed by atoms with Gasteiger partial charge >= 0.3 is 0 Å². The minimum atomic E-state index is -0.213. The van der Waals surface area contributed by atoms with E-state index in [-0.39, 0.29) is 16.6 Å². The summed E-state index contributed by atoms with van der Waals surface area (Å²) in [5.41, 5.74) is 0.416. The van der Waals surface area contributed by atoms with Gasteiger partial charge in [-0.1, -0.05) is 31.9 Å². The van der Waals surface area contributed by atoms with E-state index in [1.165, 1.54) is 4.68 Å². The first-order valence-electron chi connectivity index (χ1n) is 6.70. The summed E-state index contributed by atoms with van der Waals surface area (Å²) in [5, 5.41) is 7.64. The van der Waals surface area contributed by atoms with Gasteiger partial charge in [0.25, 0.3) is 5.56 Å². The maximum atomic E-state index is 12.0. The molecule has 0 aromatic carbocycles. The van der Waals surface area contributed by atoms with E-state index < -0.39 is 0 Å². The second kappa shape index (κ2) is 8.48. The van der Waals surface area contributed by atoms with E-state index in [1.54, 1.807) is 6.20 Å². The van der Waals surface area contributed by atoms with Crippen molar-refractivity contribution in [2.75, 3.05) is 16.8 Å². The molecule has 0 aliphatic carbocycles. The summed E-state index contributed by atoms with van der Waals surface area (Å²) in [6, 6.07) is 0.259. The first-order chi connectivity index (χ1) is 9.10. The molecule has 0 aliphatic heterocycles. The van der Waals surface area contributed by atoms with Crippen molar-refractivity contribution in [3.8, 4) is 0 Å². The lowest BCUT2D eigenvalue weighted by Gasteiger charge is -2.15. The molecule has 4 nitrogen and oxygen atoms in total. The second-order valence-electron chi connectivity index (χ2n) is 4.46. The first-order valence-corrected chi connectivity index (χ1v) is 8.23. The van der Waals surface area contributed by atoms with E-state index in [4.69, 9.17) is 11.6 Å². The van der Waals surface area contributed by atoms with Gasteiger partial charge in [-0.2, -0.15) is 16.9 Å². The maximum absolute atomic E-state index is 12.0. The zero-order valence-electron chi connectivity index (χ0n) is 11.8. The second-order valence-corrected chi connectivity index (χ2v) is 6.16. The Morgan fingerprint density at radius 2 is 2.26 bits per heavy atom. The Labute approximate surface area is 123 Å². The van der Waals surface area contributed by atoms with Gasteiger partial charge in [0.2, 0.25) is 0 Å². The fourth-order valence-electron chi connectivity index (χ4n) is 1.63. The molecule has 0 amide bonds. The predicted molar refractivity (Wildman–Crippen MR) is 84.5 cm³/mol. The number of nitrogens with zero attached hydrogens (tertiary/aromatic N) is 2. The van der Waals surface area contributed by atoms with Gasteiger partial charge in [-0.05, 0) is 19.1 Å². The molecule has 1 unspecified atom stereocenters. The highest BCUT2D eigenvalue weighted by Gasteiger charge is 2.11. The normalized spacial score (nSPS) is 12.4. The first kappa shape index (κ1) is 16.4. The number of aryl methyl sites for hydroxylation is 1. The Morgan fingerprint density at radius 1 is 1.53 bits per heavy atom. The summed E-state index contributed by atoms with van der Waals surface area (Å²) >= 11 is 7.96. The van der Waals surface area contributed by atoms with E-state index >= 15 is 0 Å². The highest BCUT2D eigenvalue weighted by molar-refractivity contribution is 7.99. The Morgan fingerprint density at radius 3 is 2.89 bits per heavy atom. The van der Waals surface area contributed by atoms with Gasteiger partial charge in [0.1, 0.15) is 5.02 Å². The fraction of sp³-hybridized carbons (Fsp3) is 0.692. The minimum Gasteiger partial charge on any atom is -0.379 e. The molecular formula is C13H22ClN3OS. The maximum Gasteiger partial charge on any atom is 0.287 e. The summed E-state index contributed by atoms with van der Waals surface area (Å²) in [5.74, 6) is 2.06. The average Bonchev–Trinajstić information content (AvgIpc) is 2.41. The third-order valence-electron chi connectivity index (χ3n) is 2.68. The molecule has 0 bridgehead atoms. The van der Waals surface area contributed by atoms with Crippen LogP contribution < -0.4 is 10.9 Å². The number of hydrogen-bond donors (Lipinski definition) is 1. The zero-order valence-corrected chi connectivity index (χ0v) is 13.4. The van der Waals surface area contributed by atoms with E-state index in [2.05, 4.69) is 31.2 Å². The van der Waals surface area contributed by atoms with E-state index in [0.29, 0.717) is 12.2 Å². The lowest BCUT2D eigenvalue weighted by molar-refractivity contribution is 0.543. The molecule has 0 aliphatic rings. The number of hydrogen-bond acceptors (Lipinski definition) is 4. The van der Waals surface area contributed by atoms with Gasteiger partial charge in [-0.3, -0.25) is 4.79 Å². The van der Waals surface area contributed by atoms with E-state index in [9.17, 15) is 4.79 Å². The van der Waals surface area contributed by atoms with Crippen molar-refractivity contribution >= 4 is 29.1 Å². The molecule has 19 heavy (non-hydrogen) atoms. The lowest BCUT2D eigenvalue weighted by atomic mass is 10.3. The molecule has 108 valence electrons. The van der Waals surface area contributed by atoms with Gasteiger partial charge in [-0.15, -0.1) is 0 Å². The van der Waals surface area contributed by atoms with Gasteiger partial charge in [0.05, 0.1) is 11.9 Å². The largest absolute Gasteiger partial charge is 0.379 e. The van der Waals surface area contributed by atoms with E-state index in [0.717, 1.165) is 24.3 Å². The predicted octanol–water partition coefficient (Wildman–Crippen LogP) is 3.25. The number of nitrogens with one attached hydrogen (secondary N) is 1. The summed E-state index contributed by atoms with van der Waals surface area (Å²) < 4.78 is 1.43. The zero-order chi connectivity index (χ0) is 14.3. The third kappa shape index (κ3) is 5.07. The molecule has 6 heteroatoms. The summed E-state index contributed by atoms with van der Waals surface area (Å²) in [6.45, 7) is 6.90. The van der Waals surface area contributed by atoms with Crippen LogP contribution >= 0.6 is 23.4 Å². The SMILES string of the molecule is CCCCn1ncc(NC(C)CSCC)c(Cl)c1=O. The van der Waals surface area contributed by atoms with Gasteiger partial charge in [-0.25, -0.2) is 4.68 Å². The van der Waals surface area contributed by atoms with Gasteiger partial charge in [0.15, 0.2) is 0 Å². The molecule has 1 rings (SSSR count). The number of unbranched alkanes of at least 4 members (excludes halogenated alkanes) is 1. The summed E-state index contributed by atoms with van der Waals surface area (Å²) in [6.07, 6.45) is 3.60. The van der Waals surface area contributed by atoms with Crippen LogP contribution in [-0.4, -0.2) is 27.3 Å². The van der Waals surface area contributed by atoms with Crippen LogP contribution in [0.3, 0.4) is 0 Å². The van der Waals surface area contributed by atoms with Crippen molar-refractivity contribution < 1.29 is 0 Å². The van der Waals surface area contributed by atoms with E-state index in [1.807, 2.05) is 11.8 Å². The summed E-state index contributed by atoms with van der Waals surface area (Å²) in [4.78, 5) is 12.0. The molecule has 0 fully saturated rings. The molecule has 1 aromatic rings. The molecule has 1 heterocycles. The van der Waals surface area contributed by atoms with Crippen molar-refractivity contribution in [1.82, 2.24) is 9.78 Å². The molecule has 0 saturated heterocycles. The van der Waals surface area contributed by atoms with Crippen LogP contribution in [-0.2, 0) is 6.54 Å². The highest BCUT2D eigenvalue weighted by atomic mass is 35.5. The van der Waals surface area contributed by atoms with Crippen LogP contribution in [0.25, 0.3) is 0 Å². The van der Waals surface area contributed by atoms with Crippen LogP contribution in [0.15, 0.2) is 11.0 Å². The molecule has 1 atom stereocenters. The smallest absolute Gasteiger partial charge is 0.287 e. The molecule has 1 aromatic heterocycles. The Balaban J connectivity index is 2.75. The lowest BCUT2D eigenvalue weighted by Crippen LogP contribution is -2.26. The monoisotopic (exact) mass is 303 g/mol. The quantitative estimate of drug-likeness (QED) is 0.801. The molecule has 0 spiro atoms. The molecule has 0 saturated carbocycles. The molecule has 1 N–H and O–H groups in total. The fourth-order valence-corrected chi connectivity index (χ4v) is 2.51. The Hall–Kier alpha value is -0.680. The van der Waals surface area contributed by atoms with Gasteiger partial charge < -0.3 is 5.32 Å². The number of halogens is 1. The van der Waals surface area contributed by atoms with Gasteiger partial charge in [0, 0.05) is 18.3 Å². The molecule has 0 radical (unpaired) electrons. The van der Waals surface area contributed by atoms with Crippen molar-refractivity contribution in [3.63, 3.8) is 0 Å². The van der Waals surface area contributed by atoms with Crippen molar-refractivity contribution in [3.05, 3.63) is 21.6 Å². The minimum absolute atomic E-state index is 0.213. The number of thioether (sulfide) groups is 1. The summed E-state index contributed by atoms with van der Waals surface area (Å²) in [7, 11) is 0. The topological polar surface area (TPSA) is 46.9 Å². The molecular weight excluding hydrogens is 282 g/mol. The number of anilines is 1.